The van der Waals surface area contributed by atoms with E-state index in [9.17, 15) is 9.18 Å². The summed E-state index contributed by atoms with van der Waals surface area (Å²) in [6, 6.07) is 11.3. The van der Waals surface area contributed by atoms with Crippen molar-refractivity contribution >= 4 is 23.1 Å². The van der Waals surface area contributed by atoms with Gasteiger partial charge in [0.2, 0.25) is 0 Å². The number of aromatic nitrogens is 4. The van der Waals surface area contributed by atoms with Crippen molar-refractivity contribution in [1.82, 2.24) is 19.6 Å². The number of halogens is 1. The van der Waals surface area contributed by atoms with E-state index in [0.717, 1.165) is 0 Å². The fourth-order valence-electron chi connectivity index (χ4n) is 3.50. The van der Waals surface area contributed by atoms with Crippen LogP contribution < -0.4 is 10.2 Å². The van der Waals surface area contributed by atoms with Gasteiger partial charge in [-0.15, -0.1) is 5.10 Å². The number of nitrogens with one attached hydrogen (secondary N) is 1. The van der Waals surface area contributed by atoms with E-state index in [1.54, 1.807) is 53.4 Å². The summed E-state index contributed by atoms with van der Waals surface area (Å²) in [5.41, 5.74) is 2.53. The van der Waals surface area contributed by atoms with Gasteiger partial charge < -0.3 is 15.0 Å². The zero-order valence-electron chi connectivity index (χ0n) is 16.5. The molecule has 4 aromatic rings. The third kappa shape index (κ3) is 3.95. The van der Waals surface area contributed by atoms with E-state index in [1.165, 1.54) is 12.1 Å². The predicted octanol–water partition coefficient (Wildman–Crippen LogP) is 3.02. The summed E-state index contributed by atoms with van der Waals surface area (Å²) in [6.07, 6.45) is 4.92. The summed E-state index contributed by atoms with van der Waals surface area (Å²) in [5.74, 6) is -0.0180. The van der Waals surface area contributed by atoms with E-state index in [1.807, 2.05) is 0 Å². The van der Waals surface area contributed by atoms with Crippen molar-refractivity contribution in [2.75, 3.05) is 36.5 Å². The molecule has 0 saturated carbocycles. The van der Waals surface area contributed by atoms with E-state index in [0.29, 0.717) is 60.3 Å². The Morgan fingerprint density at radius 3 is 2.68 bits per heavy atom. The highest BCUT2D eigenvalue weighted by atomic mass is 19.1. The molecule has 1 N–H and O–H groups in total. The second-order valence-corrected chi connectivity index (χ2v) is 7.11. The quantitative estimate of drug-likeness (QED) is 0.549. The fraction of sp³-hybridized carbons (Fsp3) is 0.182. The number of rotatable bonds is 4. The molecule has 1 aromatic carbocycles. The summed E-state index contributed by atoms with van der Waals surface area (Å²) in [7, 11) is 0. The van der Waals surface area contributed by atoms with Crippen LogP contribution in [0.1, 0.15) is 10.4 Å². The van der Waals surface area contributed by atoms with Gasteiger partial charge in [0, 0.05) is 36.7 Å². The Bertz CT molecular complexity index is 1240. The molecule has 0 atom stereocenters. The molecule has 1 aliphatic rings. The van der Waals surface area contributed by atoms with E-state index >= 15 is 0 Å². The number of pyridine rings is 1. The van der Waals surface area contributed by atoms with Crippen LogP contribution in [0.5, 0.6) is 0 Å². The van der Waals surface area contributed by atoms with Gasteiger partial charge in [-0.2, -0.15) is 0 Å². The molecule has 1 fully saturated rings. The lowest BCUT2D eigenvalue weighted by atomic mass is 10.2. The molecule has 0 aliphatic carbocycles. The number of fused-ring (bicyclic) bond motifs is 1. The molecular formula is C22H19FN6O2. The van der Waals surface area contributed by atoms with Gasteiger partial charge in [0.1, 0.15) is 5.82 Å². The van der Waals surface area contributed by atoms with Crippen molar-refractivity contribution in [3.05, 3.63) is 72.4 Å². The number of carbonyl (C=O) groups excluding carboxylic acids is 1. The van der Waals surface area contributed by atoms with Gasteiger partial charge in [-0.05, 0) is 30.3 Å². The molecule has 0 spiro atoms. The Hall–Kier alpha value is -3.85. The van der Waals surface area contributed by atoms with Gasteiger partial charge in [0.05, 0.1) is 30.7 Å². The Labute approximate surface area is 177 Å². The minimum atomic E-state index is -0.354. The number of hydrogen-bond donors (Lipinski definition) is 1. The standard InChI is InChI=1S/C22H19FN6O2/c23-16-3-1-2-15(12-16)19-14-29-21(26-19)18(22(30)25-17-4-6-24-7-5-17)13-20(27-29)28-8-10-31-11-9-28/h1-7,12-14H,8-11H2,(H,24,25,30). The molecule has 156 valence electrons. The van der Waals surface area contributed by atoms with Crippen LogP contribution in [0.15, 0.2) is 61.1 Å². The van der Waals surface area contributed by atoms with Crippen LogP contribution in [-0.4, -0.2) is 51.8 Å². The minimum Gasteiger partial charge on any atom is -0.378 e. The molecule has 1 amide bonds. The van der Waals surface area contributed by atoms with Crippen molar-refractivity contribution < 1.29 is 13.9 Å². The first-order valence-corrected chi connectivity index (χ1v) is 9.88. The largest absolute Gasteiger partial charge is 0.378 e. The Balaban J connectivity index is 1.60. The first-order valence-electron chi connectivity index (χ1n) is 9.88. The second-order valence-electron chi connectivity index (χ2n) is 7.11. The van der Waals surface area contributed by atoms with Gasteiger partial charge >= 0.3 is 0 Å². The van der Waals surface area contributed by atoms with E-state index in [2.05, 4.69) is 25.3 Å². The molecule has 5 rings (SSSR count). The van der Waals surface area contributed by atoms with Gasteiger partial charge in [-0.1, -0.05) is 12.1 Å². The summed E-state index contributed by atoms with van der Waals surface area (Å²) < 4.78 is 20.7. The maximum atomic E-state index is 13.7. The molecule has 0 unspecified atom stereocenters. The smallest absolute Gasteiger partial charge is 0.259 e. The van der Waals surface area contributed by atoms with E-state index in [4.69, 9.17) is 4.74 Å². The highest BCUT2D eigenvalue weighted by Gasteiger charge is 2.21. The molecule has 0 radical (unpaired) electrons. The van der Waals surface area contributed by atoms with Crippen LogP contribution in [0.2, 0.25) is 0 Å². The zero-order valence-corrected chi connectivity index (χ0v) is 16.5. The maximum absolute atomic E-state index is 13.7. The summed E-state index contributed by atoms with van der Waals surface area (Å²) in [4.78, 5) is 23.8. The van der Waals surface area contributed by atoms with Crippen molar-refractivity contribution in [3.8, 4) is 11.3 Å². The minimum absolute atomic E-state index is 0.315. The van der Waals surface area contributed by atoms with Gasteiger partial charge in [-0.25, -0.2) is 13.9 Å². The van der Waals surface area contributed by atoms with Gasteiger partial charge in [0.15, 0.2) is 11.5 Å². The normalized spacial score (nSPS) is 14.0. The number of ether oxygens (including phenoxy) is 1. The third-order valence-electron chi connectivity index (χ3n) is 5.05. The first kappa shape index (κ1) is 19.1. The molecule has 9 heteroatoms. The highest BCUT2D eigenvalue weighted by Crippen LogP contribution is 2.24. The fourth-order valence-corrected chi connectivity index (χ4v) is 3.50. The van der Waals surface area contributed by atoms with Crippen molar-refractivity contribution in [3.63, 3.8) is 0 Å². The number of benzene rings is 1. The van der Waals surface area contributed by atoms with Crippen LogP contribution in [-0.2, 0) is 4.74 Å². The van der Waals surface area contributed by atoms with Crippen LogP contribution in [0.3, 0.4) is 0 Å². The lowest BCUT2D eigenvalue weighted by Crippen LogP contribution is -2.37. The lowest BCUT2D eigenvalue weighted by molar-refractivity contribution is 0.102. The summed E-state index contributed by atoms with van der Waals surface area (Å²) in [5, 5.41) is 7.53. The van der Waals surface area contributed by atoms with Crippen LogP contribution >= 0.6 is 0 Å². The van der Waals surface area contributed by atoms with E-state index < -0.39 is 0 Å². The number of amides is 1. The highest BCUT2D eigenvalue weighted by molar-refractivity contribution is 6.08. The zero-order chi connectivity index (χ0) is 21.2. The maximum Gasteiger partial charge on any atom is 0.259 e. The number of carbonyl (C=O) groups is 1. The number of imidazole rings is 1. The van der Waals surface area contributed by atoms with Crippen molar-refractivity contribution in [2.24, 2.45) is 0 Å². The average molecular weight is 418 g/mol. The lowest BCUT2D eigenvalue weighted by Gasteiger charge is -2.27. The average Bonchev–Trinajstić information content (AvgIpc) is 3.24. The number of nitrogens with zero attached hydrogens (tertiary/aromatic N) is 5. The molecule has 4 heterocycles. The summed E-state index contributed by atoms with van der Waals surface area (Å²) in [6.45, 7) is 2.54. The molecule has 1 saturated heterocycles. The Morgan fingerprint density at radius 2 is 1.90 bits per heavy atom. The topological polar surface area (TPSA) is 84.7 Å². The van der Waals surface area contributed by atoms with Crippen molar-refractivity contribution in [1.29, 1.82) is 0 Å². The second kappa shape index (κ2) is 8.11. The molecule has 3 aromatic heterocycles. The Kier molecular flexibility index (Phi) is 5.01. The Morgan fingerprint density at radius 1 is 1.10 bits per heavy atom. The third-order valence-corrected chi connectivity index (χ3v) is 5.05. The monoisotopic (exact) mass is 418 g/mol. The van der Waals surface area contributed by atoms with Crippen LogP contribution in [0.4, 0.5) is 15.9 Å². The number of anilines is 2. The van der Waals surface area contributed by atoms with Crippen molar-refractivity contribution in [2.45, 2.75) is 0 Å². The van der Waals surface area contributed by atoms with Gasteiger partial charge in [0.25, 0.3) is 5.91 Å². The molecule has 1 aliphatic heterocycles. The van der Waals surface area contributed by atoms with Crippen LogP contribution in [0, 0.1) is 5.82 Å². The van der Waals surface area contributed by atoms with Gasteiger partial charge in [-0.3, -0.25) is 9.78 Å². The predicted molar refractivity (Wildman–Crippen MR) is 114 cm³/mol. The number of morpholine rings is 1. The van der Waals surface area contributed by atoms with Crippen LogP contribution in [0.25, 0.3) is 16.9 Å². The first-order chi connectivity index (χ1) is 15.2. The molecule has 8 nitrogen and oxygen atoms in total. The van der Waals surface area contributed by atoms with E-state index in [-0.39, 0.29) is 11.7 Å². The summed E-state index contributed by atoms with van der Waals surface area (Å²) >= 11 is 0. The molecule has 0 bridgehead atoms. The number of hydrogen-bond acceptors (Lipinski definition) is 6. The molecular weight excluding hydrogens is 399 g/mol. The SMILES string of the molecule is O=C(Nc1ccncc1)c1cc(N2CCOCC2)nn2cc(-c3cccc(F)c3)nc12. The molecule has 31 heavy (non-hydrogen) atoms.